The number of carbonyl (C=O) groups excluding carboxylic acids is 1. The molecular weight excluding hydrogens is 354 g/mol. The number of carbonyl (C=O) groups is 1. The Bertz CT molecular complexity index is 1020. The Balaban J connectivity index is 1.42. The van der Waals surface area contributed by atoms with Gasteiger partial charge in [0.25, 0.3) is 5.91 Å². The van der Waals surface area contributed by atoms with Crippen LogP contribution in [0.2, 0.25) is 0 Å². The summed E-state index contributed by atoms with van der Waals surface area (Å²) in [5, 5.41) is 4.04. The van der Waals surface area contributed by atoms with Crippen LogP contribution in [0.4, 0.5) is 0 Å². The van der Waals surface area contributed by atoms with Gasteiger partial charge in [0, 0.05) is 22.6 Å². The average molecular weight is 375 g/mol. The lowest BCUT2D eigenvalue weighted by Gasteiger charge is -2.18. The molecule has 0 unspecified atom stereocenters. The summed E-state index contributed by atoms with van der Waals surface area (Å²) >= 11 is 0. The fraction of sp³-hybridized carbons (Fsp3) is 0.182. The largest absolute Gasteiger partial charge is 0.486 e. The highest BCUT2D eigenvalue weighted by Crippen LogP contribution is 2.30. The molecule has 0 aliphatic carbocycles. The molecule has 0 fully saturated rings. The maximum absolute atomic E-state index is 12.3. The van der Waals surface area contributed by atoms with E-state index in [2.05, 4.69) is 41.1 Å². The summed E-state index contributed by atoms with van der Waals surface area (Å²) in [6.07, 6.45) is 1.58. The van der Waals surface area contributed by atoms with Crippen LogP contribution in [0.5, 0.6) is 11.5 Å². The Morgan fingerprint density at radius 3 is 2.36 bits per heavy atom. The standard InChI is InChI=1S/C22H21N3O3/c1-15-3-4-16(2)25(15)19-8-6-18(7-9-19)22(26)24-23-14-17-5-10-20-21(13-17)28-12-11-27-20/h3-10,13-14H,11-12H2,1-2H3,(H,24,26)/b23-14-. The van der Waals surface area contributed by atoms with E-state index in [1.807, 2.05) is 30.3 Å². The molecule has 142 valence electrons. The minimum Gasteiger partial charge on any atom is -0.486 e. The normalized spacial score (nSPS) is 12.9. The van der Waals surface area contributed by atoms with Crippen molar-refractivity contribution in [1.82, 2.24) is 9.99 Å². The summed E-state index contributed by atoms with van der Waals surface area (Å²) in [7, 11) is 0. The highest BCUT2D eigenvalue weighted by atomic mass is 16.6. The van der Waals surface area contributed by atoms with Gasteiger partial charge in [-0.25, -0.2) is 5.43 Å². The lowest BCUT2D eigenvalue weighted by molar-refractivity contribution is 0.0955. The summed E-state index contributed by atoms with van der Waals surface area (Å²) in [5.41, 5.74) is 7.25. The molecule has 3 aromatic rings. The molecule has 0 atom stereocenters. The zero-order valence-corrected chi connectivity index (χ0v) is 15.8. The van der Waals surface area contributed by atoms with E-state index in [1.54, 1.807) is 18.3 Å². The van der Waals surface area contributed by atoms with Crippen LogP contribution < -0.4 is 14.9 Å². The number of hydrogen-bond acceptors (Lipinski definition) is 4. The van der Waals surface area contributed by atoms with Gasteiger partial charge in [-0.3, -0.25) is 4.79 Å². The molecule has 0 bridgehead atoms. The van der Waals surface area contributed by atoms with Crippen molar-refractivity contribution in [3.8, 4) is 17.2 Å². The second-order valence-electron chi connectivity index (χ2n) is 6.60. The molecule has 28 heavy (non-hydrogen) atoms. The molecule has 6 heteroatoms. The third kappa shape index (κ3) is 3.62. The van der Waals surface area contributed by atoms with Gasteiger partial charge < -0.3 is 14.0 Å². The van der Waals surface area contributed by atoms with E-state index in [0.29, 0.717) is 24.5 Å². The Hall–Kier alpha value is -3.54. The molecule has 4 rings (SSSR count). The number of aryl methyl sites for hydroxylation is 2. The minimum absolute atomic E-state index is 0.263. The molecule has 2 aromatic carbocycles. The molecular formula is C22H21N3O3. The molecule has 0 radical (unpaired) electrons. The lowest BCUT2D eigenvalue weighted by Crippen LogP contribution is -2.18. The smallest absolute Gasteiger partial charge is 0.271 e. The number of aromatic nitrogens is 1. The summed E-state index contributed by atoms with van der Waals surface area (Å²) < 4.78 is 13.2. The van der Waals surface area contributed by atoms with E-state index in [0.717, 1.165) is 28.4 Å². The minimum atomic E-state index is -0.263. The van der Waals surface area contributed by atoms with E-state index in [-0.39, 0.29) is 5.91 Å². The van der Waals surface area contributed by atoms with E-state index >= 15 is 0 Å². The zero-order chi connectivity index (χ0) is 19.5. The van der Waals surface area contributed by atoms with Crippen LogP contribution >= 0.6 is 0 Å². The van der Waals surface area contributed by atoms with Crippen LogP contribution in [0, 0.1) is 13.8 Å². The Morgan fingerprint density at radius 2 is 1.64 bits per heavy atom. The van der Waals surface area contributed by atoms with Crippen molar-refractivity contribution in [2.24, 2.45) is 5.10 Å². The van der Waals surface area contributed by atoms with Gasteiger partial charge in [-0.2, -0.15) is 5.10 Å². The van der Waals surface area contributed by atoms with Gasteiger partial charge in [0.05, 0.1) is 6.21 Å². The molecule has 1 aliphatic rings. The fourth-order valence-corrected chi connectivity index (χ4v) is 3.21. The predicted molar refractivity (Wildman–Crippen MR) is 108 cm³/mol. The predicted octanol–water partition coefficient (Wildman–Crippen LogP) is 3.63. The first-order valence-corrected chi connectivity index (χ1v) is 9.10. The molecule has 1 amide bonds. The van der Waals surface area contributed by atoms with Gasteiger partial charge in [-0.15, -0.1) is 0 Å². The molecule has 2 heterocycles. The summed E-state index contributed by atoms with van der Waals surface area (Å²) in [4.78, 5) is 12.3. The van der Waals surface area contributed by atoms with Crippen molar-refractivity contribution in [1.29, 1.82) is 0 Å². The SMILES string of the molecule is Cc1ccc(C)n1-c1ccc(C(=O)N/N=C\c2ccc3c(c2)OCCO3)cc1. The quantitative estimate of drug-likeness (QED) is 0.559. The Kier molecular flexibility index (Phi) is 4.85. The van der Waals surface area contributed by atoms with E-state index in [4.69, 9.17) is 9.47 Å². The highest BCUT2D eigenvalue weighted by Gasteiger charge is 2.11. The number of fused-ring (bicyclic) bond motifs is 1. The third-order valence-electron chi connectivity index (χ3n) is 4.60. The van der Waals surface area contributed by atoms with Crippen LogP contribution in [0.3, 0.4) is 0 Å². The van der Waals surface area contributed by atoms with Gasteiger partial charge in [0.2, 0.25) is 0 Å². The van der Waals surface area contributed by atoms with E-state index in [1.165, 1.54) is 0 Å². The molecule has 1 N–H and O–H groups in total. The zero-order valence-electron chi connectivity index (χ0n) is 15.8. The monoisotopic (exact) mass is 375 g/mol. The first kappa shape index (κ1) is 17.9. The number of benzene rings is 2. The van der Waals surface area contributed by atoms with Gasteiger partial charge in [0.1, 0.15) is 13.2 Å². The van der Waals surface area contributed by atoms with Crippen molar-refractivity contribution < 1.29 is 14.3 Å². The number of hydrogen-bond donors (Lipinski definition) is 1. The van der Waals surface area contributed by atoms with Crippen molar-refractivity contribution >= 4 is 12.1 Å². The van der Waals surface area contributed by atoms with Crippen LogP contribution in [0.1, 0.15) is 27.3 Å². The van der Waals surface area contributed by atoms with Gasteiger partial charge in [-0.05, 0) is 74.0 Å². The topological polar surface area (TPSA) is 64.9 Å². The second-order valence-corrected chi connectivity index (χ2v) is 6.60. The van der Waals surface area contributed by atoms with E-state index < -0.39 is 0 Å². The average Bonchev–Trinajstić information content (AvgIpc) is 3.06. The number of rotatable bonds is 4. The van der Waals surface area contributed by atoms with Crippen molar-refractivity contribution in [2.75, 3.05) is 13.2 Å². The molecule has 1 aliphatic heterocycles. The third-order valence-corrected chi connectivity index (χ3v) is 4.60. The Morgan fingerprint density at radius 1 is 0.964 bits per heavy atom. The molecule has 6 nitrogen and oxygen atoms in total. The van der Waals surface area contributed by atoms with Crippen molar-refractivity contribution in [2.45, 2.75) is 13.8 Å². The number of nitrogens with zero attached hydrogens (tertiary/aromatic N) is 2. The number of ether oxygens (including phenoxy) is 2. The highest BCUT2D eigenvalue weighted by molar-refractivity contribution is 5.95. The molecule has 0 saturated carbocycles. The van der Waals surface area contributed by atoms with Crippen molar-refractivity contribution in [3.05, 3.63) is 77.1 Å². The maximum Gasteiger partial charge on any atom is 0.271 e. The second kappa shape index (κ2) is 7.60. The van der Waals surface area contributed by atoms with Gasteiger partial charge in [0.15, 0.2) is 11.5 Å². The molecule has 0 saturated heterocycles. The number of nitrogens with one attached hydrogen (secondary N) is 1. The summed E-state index contributed by atoms with van der Waals surface area (Å²) in [6.45, 7) is 5.20. The van der Waals surface area contributed by atoms with Crippen molar-refractivity contribution in [3.63, 3.8) is 0 Å². The number of amides is 1. The molecule has 1 aromatic heterocycles. The van der Waals surface area contributed by atoms with Crippen LogP contribution in [0.15, 0.2) is 59.7 Å². The first-order chi connectivity index (χ1) is 13.6. The van der Waals surface area contributed by atoms with Crippen LogP contribution in [-0.2, 0) is 0 Å². The fourth-order valence-electron chi connectivity index (χ4n) is 3.21. The summed E-state index contributed by atoms with van der Waals surface area (Å²) in [5.74, 6) is 1.15. The van der Waals surface area contributed by atoms with E-state index in [9.17, 15) is 4.79 Å². The Labute approximate surface area is 163 Å². The molecule has 0 spiro atoms. The number of hydrazone groups is 1. The van der Waals surface area contributed by atoms with Gasteiger partial charge in [-0.1, -0.05) is 0 Å². The lowest BCUT2D eigenvalue weighted by atomic mass is 10.2. The first-order valence-electron chi connectivity index (χ1n) is 9.10. The van der Waals surface area contributed by atoms with Crippen LogP contribution in [0.25, 0.3) is 5.69 Å². The summed E-state index contributed by atoms with van der Waals surface area (Å²) in [6, 6.07) is 17.1. The van der Waals surface area contributed by atoms with Gasteiger partial charge >= 0.3 is 0 Å². The maximum atomic E-state index is 12.3. The van der Waals surface area contributed by atoms with Crippen LogP contribution in [-0.4, -0.2) is 29.9 Å².